The number of aromatic nitrogens is 1. The maximum Gasteiger partial charge on any atom is 0.140 e. The summed E-state index contributed by atoms with van der Waals surface area (Å²) in [5.74, 6) is -0.510. The average Bonchev–Trinajstić information content (AvgIpc) is 2.84. The third kappa shape index (κ3) is 2.61. The highest BCUT2D eigenvalue weighted by atomic mass is 35.5. The van der Waals surface area contributed by atoms with Gasteiger partial charge in [0.2, 0.25) is 0 Å². The van der Waals surface area contributed by atoms with Crippen LogP contribution in [0.2, 0.25) is 10.0 Å². The third-order valence-corrected chi connectivity index (χ3v) is 3.84. The van der Waals surface area contributed by atoms with Crippen molar-refractivity contribution < 1.29 is 4.39 Å². The van der Waals surface area contributed by atoms with Crippen LogP contribution in [0.1, 0.15) is 11.1 Å². The summed E-state index contributed by atoms with van der Waals surface area (Å²) in [6.45, 7) is 0.509. The van der Waals surface area contributed by atoms with Crippen LogP contribution >= 0.6 is 23.2 Å². The zero-order valence-corrected chi connectivity index (χ0v) is 12.3. The quantitative estimate of drug-likeness (QED) is 0.653. The van der Waals surface area contributed by atoms with Gasteiger partial charge in [-0.05, 0) is 35.9 Å². The molecular formula is C16H9Cl2FN2. The highest BCUT2D eigenvalue weighted by Crippen LogP contribution is 2.29. The molecule has 0 unspecified atom stereocenters. The van der Waals surface area contributed by atoms with Crippen LogP contribution in [-0.4, -0.2) is 4.57 Å². The maximum atomic E-state index is 13.3. The van der Waals surface area contributed by atoms with Crippen LogP contribution in [-0.2, 0) is 6.54 Å². The molecule has 1 aromatic heterocycles. The zero-order valence-electron chi connectivity index (χ0n) is 10.8. The van der Waals surface area contributed by atoms with Crippen molar-refractivity contribution in [3.05, 3.63) is 69.6 Å². The highest BCUT2D eigenvalue weighted by Gasteiger charge is 2.08. The van der Waals surface area contributed by atoms with E-state index in [-0.39, 0.29) is 5.56 Å². The van der Waals surface area contributed by atoms with Crippen LogP contribution in [0.5, 0.6) is 0 Å². The summed E-state index contributed by atoms with van der Waals surface area (Å²) in [5, 5.41) is 10.9. The number of rotatable bonds is 2. The lowest BCUT2D eigenvalue weighted by Gasteiger charge is -2.07. The molecule has 1 heterocycles. The van der Waals surface area contributed by atoms with Crippen molar-refractivity contribution in [3.8, 4) is 6.07 Å². The molecule has 0 N–H and O–H groups in total. The van der Waals surface area contributed by atoms with Crippen molar-refractivity contribution in [2.75, 3.05) is 0 Å². The number of nitrogens with zero attached hydrogens (tertiary/aromatic N) is 2. The summed E-state index contributed by atoms with van der Waals surface area (Å²) in [5.41, 5.74) is 1.77. The first-order valence-electron chi connectivity index (χ1n) is 6.21. The Labute approximate surface area is 130 Å². The van der Waals surface area contributed by atoms with Gasteiger partial charge in [0.05, 0.1) is 16.1 Å². The molecule has 2 nitrogen and oxygen atoms in total. The van der Waals surface area contributed by atoms with Gasteiger partial charge in [-0.2, -0.15) is 5.26 Å². The number of benzene rings is 2. The minimum atomic E-state index is -0.510. The molecule has 0 spiro atoms. The minimum absolute atomic E-state index is 0.0417. The summed E-state index contributed by atoms with van der Waals surface area (Å²) >= 11 is 12.2. The van der Waals surface area contributed by atoms with Gasteiger partial charge in [0.1, 0.15) is 11.9 Å². The smallest absolute Gasteiger partial charge is 0.140 e. The summed E-state index contributed by atoms with van der Waals surface area (Å²) in [6, 6.07) is 11.8. The molecule has 0 aliphatic carbocycles. The van der Waals surface area contributed by atoms with Crippen LogP contribution in [0.3, 0.4) is 0 Å². The fourth-order valence-corrected chi connectivity index (χ4v) is 2.86. The molecule has 0 bridgehead atoms. The second-order valence-corrected chi connectivity index (χ2v) is 5.53. The van der Waals surface area contributed by atoms with Gasteiger partial charge in [-0.25, -0.2) is 4.39 Å². The van der Waals surface area contributed by atoms with Crippen molar-refractivity contribution >= 4 is 34.1 Å². The molecule has 0 amide bonds. The SMILES string of the molecule is N#Cc1cc(Cn2ccc3c(Cl)cc(Cl)cc32)ccc1F. The number of hydrogen-bond acceptors (Lipinski definition) is 1. The summed E-state index contributed by atoms with van der Waals surface area (Å²) in [4.78, 5) is 0. The fourth-order valence-electron chi connectivity index (χ4n) is 2.31. The van der Waals surface area contributed by atoms with Gasteiger partial charge in [0, 0.05) is 23.2 Å². The topological polar surface area (TPSA) is 28.7 Å². The first-order valence-corrected chi connectivity index (χ1v) is 6.96. The van der Waals surface area contributed by atoms with E-state index in [1.165, 1.54) is 6.07 Å². The zero-order chi connectivity index (χ0) is 15.0. The molecule has 0 fully saturated rings. The minimum Gasteiger partial charge on any atom is -0.343 e. The van der Waals surface area contributed by atoms with E-state index in [0.29, 0.717) is 16.6 Å². The Morgan fingerprint density at radius 2 is 1.95 bits per heavy atom. The largest absolute Gasteiger partial charge is 0.343 e. The summed E-state index contributed by atoms with van der Waals surface area (Å²) in [6.07, 6.45) is 1.89. The van der Waals surface area contributed by atoms with Gasteiger partial charge in [-0.3, -0.25) is 0 Å². The predicted octanol–water partition coefficient (Wildman–Crippen LogP) is 5.01. The molecule has 21 heavy (non-hydrogen) atoms. The second-order valence-electron chi connectivity index (χ2n) is 4.69. The molecule has 0 radical (unpaired) electrons. The van der Waals surface area contributed by atoms with Crippen molar-refractivity contribution in [1.82, 2.24) is 4.57 Å². The normalized spacial score (nSPS) is 10.8. The Bertz CT molecular complexity index is 878. The van der Waals surface area contributed by atoms with Crippen molar-refractivity contribution in [3.63, 3.8) is 0 Å². The standard InChI is InChI=1S/C16H9Cl2FN2/c17-12-6-14(18)13-3-4-21(16(13)7-12)9-10-1-2-15(19)11(5-10)8-20/h1-7H,9H2. The average molecular weight is 319 g/mol. The molecule has 3 aromatic rings. The number of nitriles is 1. The van der Waals surface area contributed by atoms with Gasteiger partial charge >= 0.3 is 0 Å². The predicted molar refractivity (Wildman–Crippen MR) is 82.2 cm³/mol. The van der Waals surface area contributed by atoms with Crippen LogP contribution in [0.4, 0.5) is 4.39 Å². The van der Waals surface area contributed by atoms with Crippen molar-refractivity contribution in [2.24, 2.45) is 0 Å². The van der Waals surface area contributed by atoms with Gasteiger partial charge < -0.3 is 4.57 Å². The van der Waals surface area contributed by atoms with E-state index in [0.717, 1.165) is 16.5 Å². The molecule has 2 aromatic carbocycles. The van der Waals surface area contributed by atoms with E-state index in [1.807, 2.05) is 29.0 Å². The molecule has 0 aliphatic rings. The first kappa shape index (κ1) is 13.9. The van der Waals surface area contributed by atoms with E-state index >= 15 is 0 Å². The molecular weight excluding hydrogens is 310 g/mol. The van der Waals surface area contributed by atoms with Crippen LogP contribution < -0.4 is 0 Å². The van der Waals surface area contributed by atoms with Crippen molar-refractivity contribution in [2.45, 2.75) is 6.54 Å². The lowest BCUT2D eigenvalue weighted by molar-refractivity contribution is 0.622. The molecule has 0 saturated carbocycles. The third-order valence-electron chi connectivity index (χ3n) is 3.31. The summed E-state index contributed by atoms with van der Waals surface area (Å²) in [7, 11) is 0. The van der Waals surface area contributed by atoms with E-state index in [1.54, 1.807) is 18.2 Å². The Morgan fingerprint density at radius 1 is 1.14 bits per heavy atom. The Balaban J connectivity index is 2.05. The lowest BCUT2D eigenvalue weighted by Crippen LogP contribution is -1.99. The van der Waals surface area contributed by atoms with Crippen LogP contribution in [0.25, 0.3) is 10.9 Å². The summed E-state index contributed by atoms with van der Waals surface area (Å²) < 4.78 is 15.3. The molecule has 104 valence electrons. The Morgan fingerprint density at radius 3 is 2.71 bits per heavy atom. The number of hydrogen-bond donors (Lipinski definition) is 0. The first-order chi connectivity index (χ1) is 10.1. The van der Waals surface area contributed by atoms with E-state index in [2.05, 4.69) is 0 Å². The van der Waals surface area contributed by atoms with E-state index in [9.17, 15) is 4.39 Å². The van der Waals surface area contributed by atoms with Crippen molar-refractivity contribution in [1.29, 1.82) is 5.26 Å². The lowest BCUT2D eigenvalue weighted by atomic mass is 10.1. The Hall–Kier alpha value is -2.02. The molecule has 3 rings (SSSR count). The fraction of sp³-hybridized carbons (Fsp3) is 0.0625. The van der Waals surface area contributed by atoms with Gasteiger partial charge in [0.25, 0.3) is 0 Å². The molecule has 0 saturated heterocycles. The van der Waals surface area contributed by atoms with Crippen LogP contribution in [0.15, 0.2) is 42.6 Å². The number of halogens is 3. The highest BCUT2D eigenvalue weighted by molar-refractivity contribution is 6.38. The van der Waals surface area contributed by atoms with Crippen LogP contribution in [0, 0.1) is 17.1 Å². The monoisotopic (exact) mass is 318 g/mol. The van der Waals surface area contributed by atoms with Gasteiger partial charge in [0.15, 0.2) is 0 Å². The van der Waals surface area contributed by atoms with Gasteiger partial charge in [-0.1, -0.05) is 29.3 Å². The molecule has 0 atom stereocenters. The second kappa shape index (κ2) is 5.40. The van der Waals surface area contributed by atoms with Gasteiger partial charge in [-0.15, -0.1) is 0 Å². The number of fused-ring (bicyclic) bond motifs is 1. The molecule has 0 aliphatic heterocycles. The maximum absolute atomic E-state index is 13.3. The van der Waals surface area contributed by atoms with E-state index < -0.39 is 5.82 Å². The van der Waals surface area contributed by atoms with E-state index in [4.69, 9.17) is 28.5 Å². The Kier molecular flexibility index (Phi) is 3.59. The molecule has 5 heteroatoms.